The fourth-order valence-electron chi connectivity index (χ4n) is 1.47. The molecule has 9 heteroatoms. The summed E-state index contributed by atoms with van der Waals surface area (Å²) < 4.78 is 39.3. The van der Waals surface area contributed by atoms with Gasteiger partial charge >= 0.3 is 12.3 Å². The van der Waals surface area contributed by atoms with Gasteiger partial charge < -0.3 is 5.11 Å². The van der Waals surface area contributed by atoms with E-state index in [1.54, 1.807) is 0 Å². The van der Waals surface area contributed by atoms with Gasteiger partial charge in [0.2, 0.25) is 0 Å². The van der Waals surface area contributed by atoms with Crippen molar-refractivity contribution in [1.82, 2.24) is 9.97 Å². The minimum absolute atomic E-state index is 0.0164. The Hall–Kier alpha value is -1.35. The summed E-state index contributed by atoms with van der Waals surface area (Å²) in [5.41, 5.74) is 0.205. The summed E-state index contributed by atoms with van der Waals surface area (Å²) in [5.74, 6) is -0.829. The van der Waals surface area contributed by atoms with Crippen molar-refractivity contribution >= 4 is 17.7 Å². The van der Waals surface area contributed by atoms with Crippen LogP contribution in [0.5, 0.6) is 0 Å². The molecule has 0 saturated heterocycles. The molecule has 0 atom stereocenters. The van der Waals surface area contributed by atoms with E-state index in [0.717, 1.165) is 11.8 Å². The smallest absolute Gasteiger partial charge is 0.478 e. The Morgan fingerprint density at radius 1 is 1.38 bits per heavy atom. The lowest BCUT2D eigenvalue weighted by molar-refractivity contribution is -0.322. The first-order valence-corrected chi connectivity index (χ1v) is 7.05. The highest BCUT2D eigenvalue weighted by Gasteiger charge is 2.28. The van der Waals surface area contributed by atoms with Crippen LogP contribution in [0.1, 0.15) is 41.6 Å². The molecular formula is C12H15F3N2O3S. The van der Waals surface area contributed by atoms with Crippen molar-refractivity contribution in [3.63, 3.8) is 0 Å². The molecule has 21 heavy (non-hydrogen) atoms. The van der Waals surface area contributed by atoms with Crippen LogP contribution in [0.4, 0.5) is 13.2 Å². The minimum atomic E-state index is -4.69. The van der Waals surface area contributed by atoms with E-state index in [2.05, 4.69) is 14.7 Å². The molecule has 0 bridgehead atoms. The monoisotopic (exact) mass is 324 g/mol. The highest BCUT2D eigenvalue weighted by atomic mass is 32.2. The maximum Gasteiger partial charge on any atom is 0.522 e. The van der Waals surface area contributed by atoms with Crippen LogP contribution in [0, 0.1) is 6.92 Å². The molecule has 0 radical (unpaired) electrons. The second-order valence-electron chi connectivity index (χ2n) is 4.45. The summed E-state index contributed by atoms with van der Waals surface area (Å²) in [7, 11) is 0. The molecule has 0 fully saturated rings. The number of carbonyl (C=O) groups is 1. The predicted octanol–water partition coefficient (Wildman–Crippen LogP) is 3.24. The number of ether oxygens (including phenoxy) is 1. The highest BCUT2D eigenvalue weighted by Crippen LogP contribution is 2.25. The average Bonchev–Trinajstić information content (AvgIpc) is 2.32. The van der Waals surface area contributed by atoms with Crippen molar-refractivity contribution in [2.24, 2.45) is 0 Å². The lowest BCUT2D eigenvalue weighted by Crippen LogP contribution is -2.16. The molecule has 1 heterocycles. The first-order chi connectivity index (χ1) is 9.61. The second kappa shape index (κ2) is 7.08. The Morgan fingerprint density at radius 2 is 2.00 bits per heavy atom. The molecule has 1 rings (SSSR count). The molecule has 0 aliphatic heterocycles. The Morgan fingerprint density at radius 3 is 2.48 bits per heavy atom. The molecule has 118 valence electrons. The van der Waals surface area contributed by atoms with Gasteiger partial charge in [0.25, 0.3) is 0 Å². The van der Waals surface area contributed by atoms with E-state index in [0.29, 0.717) is 11.5 Å². The van der Waals surface area contributed by atoms with E-state index in [1.165, 1.54) is 6.92 Å². The SMILES string of the molecule is Cc1nc(C(C)C)nc(SCCOC(F)(F)F)c1C(=O)O. The van der Waals surface area contributed by atoms with E-state index in [1.807, 2.05) is 13.8 Å². The van der Waals surface area contributed by atoms with Gasteiger partial charge in [-0.3, -0.25) is 4.74 Å². The molecule has 0 aliphatic rings. The molecule has 1 N–H and O–H groups in total. The van der Waals surface area contributed by atoms with E-state index < -0.39 is 18.9 Å². The fourth-order valence-corrected chi connectivity index (χ4v) is 2.37. The third-order valence-electron chi connectivity index (χ3n) is 2.39. The molecule has 5 nitrogen and oxygen atoms in total. The lowest BCUT2D eigenvalue weighted by Gasteiger charge is -2.12. The third kappa shape index (κ3) is 5.50. The van der Waals surface area contributed by atoms with Gasteiger partial charge in [0.1, 0.15) is 16.4 Å². The number of thioether (sulfide) groups is 1. The number of nitrogens with zero attached hydrogens (tertiary/aromatic N) is 2. The normalized spacial score (nSPS) is 12.0. The van der Waals surface area contributed by atoms with E-state index in [9.17, 15) is 18.0 Å². The van der Waals surface area contributed by atoms with Gasteiger partial charge in [0, 0.05) is 11.7 Å². The number of hydrogen-bond acceptors (Lipinski definition) is 5. The predicted molar refractivity (Wildman–Crippen MR) is 70.5 cm³/mol. The van der Waals surface area contributed by atoms with Crippen LogP contribution in [0.3, 0.4) is 0 Å². The molecule has 0 amide bonds. The lowest BCUT2D eigenvalue weighted by atomic mass is 10.2. The first kappa shape index (κ1) is 17.7. The van der Waals surface area contributed by atoms with Gasteiger partial charge in [0.15, 0.2) is 0 Å². The quantitative estimate of drug-likeness (QED) is 0.492. The maximum atomic E-state index is 11.9. The third-order valence-corrected chi connectivity index (χ3v) is 3.33. The minimum Gasteiger partial charge on any atom is -0.478 e. The maximum absolute atomic E-state index is 11.9. The number of halogens is 3. The standard InChI is InChI=1S/C12H15F3N2O3S/c1-6(2)9-16-7(3)8(11(18)19)10(17-9)21-5-4-20-12(13,14)15/h6H,4-5H2,1-3H3,(H,18,19). The first-order valence-electron chi connectivity index (χ1n) is 6.07. The second-order valence-corrected chi connectivity index (χ2v) is 5.53. The molecule has 0 aromatic carbocycles. The Bertz CT molecular complexity index is 521. The number of alkyl halides is 3. The summed E-state index contributed by atoms with van der Waals surface area (Å²) in [6.45, 7) is 4.65. The molecule has 0 unspecified atom stereocenters. The van der Waals surface area contributed by atoms with Crippen LogP contribution >= 0.6 is 11.8 Å². The summed E-state index contributed by atoms with van der Waals surface area (Å²) in [6.07, 6.45) is -4.69. The molecule has 1 aromatic rings. The number of aromatic carboxylic acids is 1. The van der Waals surface area contributed by atoms with Crippen molar-refractivity contribution in [3.8, 4) is 0 Å². The largest absolute Gasteiger partial charge is 0.522 e. The fraction of sp³-hybridized carbons (Fsp3) is 0.583. The van der Waals surface area contributed by atoms with E-state index in [-0.39, 0.29) is 22.3 Å². The van der Waals surface area contributed by atoms with E-state index in [4.69, 9.17) is 5.11 Å². The van der Waals surface area contributed by atoms with Gasteiger partial charge in [0.05, 0.1) is 12.3 Å². The Labute approximate surface area is 123 Å². The number of aryl methyl sites for hydroxylation is 1. The van der Waals surface area contributed by atoms with Crippen LogP contribution in [-0.2, 0) is 4.74 Å². The molecule has 1 aromatic heterocycles. The van der Waals surface area contributed by atoms with Crippen molar-refractivity contribution in [3.05, 3.63) is 17.1 Å². The summed E-state index contributed by atoms with van der Waals surface area (Å²) >= 11 is 0.905. The van der Waals surface area contributed by atoms with Crippen LogP contribution < -0.4 is 0 Å². The van der Waals surface area contributed by atoms with Crippen molar-refractivity contribution in [2.45, 2.75) is 38.1 Å². The van der Waals surface area contributed by atoms with Crippen molar-refractivity contribution < 1.29 is 27.8 Å². The molecular weight excluding hydrogens is 309 g/mol. The Balaban J connectivity index is 2.90. The van der Waals surface area contributed by atoms with Crippen LogP contribution in [0.2, 0.25) is 0 Å². The zero-order valence-electron chi connectivity index (χ0n) is 11.7. The number of aromatic nitrogens is 2. The summed E-state index contributed by atoms with van der Waals surface area (Å²) in [4.78, 5) is 19.4. The number of hydrogen-bond donors (Lipinski definition) is 1. The average molecular weight is 324 g/mol. The van der Waals surface area contributed by atoms with Gasteiger partial charge in [-0.15, -0.1) is 24.9 Å². The summed E-state index contributed by atoms with van der Waals surface area (Å²) in [6, 6.07) is 0. The summed E-state index contributed by atoms with van der Waals surface area (Å²) in [5, 5.41) is 9.31. The van der Waals surface area contributed by atoms with Gasteiger partial charge in [-0.25, -0.2) is 14.8 Å². The van der Waals surface area contributed by atoms with Gasteiger partial charge in [-0.1, -0.05) is 13.8 Å². The number of carboxylic acids is 1. The zero-order chi connectivity index (χ0) is 16.2. The highest BCUT2D eigenvalue weighted by molar-refractivity contribution is 7.99. The number of carboxylic acid groups (broad SMARTS) is 1. The zero-order valence-corrected chi connectivity index (χ0v) is 12.5. The van der Waals surface area contributed by atoms with Crippen LogP contribution in [0.15, 0.2) is 5.03 Å². The topological polar surface area (TPSA) is 72.3 Å². The van der Waals surface area contributed by atoms with Crippen molar-refractivity contribution in [2.75, 3.05) is 12.4 Å². The van der Waals surface area contributed by atoms with E-state index >= 15 is 0 Å². The van der Waals surface area contributed by atoms with Crippen LogP contribution in [0.25, 0.3) is 0 Å². The van der Waals surface area contributed by atoms with Crippen LogP contribution in [-0.4, -0.2) is 39.8 Å². The van der Waals surface area contributed by atoms with Gasteiger partial charge in [-0.05, 0) is 6.92 Å². The van der Waals surface area contributed by atoms with Gasteiger partial charge in [-0.2, -0.15) is 0 Å². The number of rotatable bonds is 6. The van der Waals surface area contributed by atoms with Crippen molar-refractivity contribution in [1.29, 1.82) is 0 Å². The molecule has 0 saturated carbocycles. The Kier molecular flexibility index (Phi) is 5.97. The molecule has 0 spiro atoms. The molecule has 0 aliphatic carbocycles.